The Morgan fingerprint density at radius 2 is 0.760 bits per heavy atom. The van der Waals surface area contributed by atoms with E-state index in [1.807, 2.05) is 21.1 Å². The van der Waals surface area contributed by atoms with Crippen molar-refractivity contribution in [2.24, 2.45) is 0 Å². The van der Waals surface area contributed by atoms with Crippen LogP contribution in [-0.2, 0) is 32.7 Å². The minimum Gasteiger partial charge on any atom is -0.462 e. The van der Waals surface area contributed by atoms with Crippen LogP contribution in [0.4, 0.5) is 0 Å². The number of esters is 2. The second kappa shape index (κ2) is 55.4. The number of likely N-dealkylation sites (N-methyl/N-ethyl adjacent to an activating group) is 1. The SMILES string of the molecule is CC/C=C\C/C=C\C/C=C\C/C=C\C/C=C\C/C=C\C/C=C\C/C=C\CCCCCCCCCCC(=O)OC(COC(=O)CCCCCCCCC/C=C\CCCCCCCCC)COP(=O)(O)OCC[N+](C)(C)C. The fourth-order valence-corrected chi connectivity index (χ4v) is 8.65. The zero-order valence-electron chi connectivity index (χ0n) is 48.7. The highest BCUT2D eigenvalue weighted by molar-refractivity contribution is 7.47. The average molecular weight is 1070 g/mol. The van der Waals surface area contributed by atoms with Gasteiger partial charge in [0.1, 0.15) is 19.8 Å². The quantitative estimate of drug-likeness (QED) is 0.0211. The Hall–Kier alpha value is -3.33. The van der Waals surface area contributed by atoms with E-state index in [1.54, 1.807) is 0 Å². The third-order valence-electron chi connectivity index (χ3n) is 12.5. The van der Waals surface area contributed by atoms with Gasteiger partial charge in [-0.3, -0.25) is 18.6 Å². The number of carbonyl (C=O) groups is 2. The Morgan fingerprint density at radius 3 is 1.15 bits per heavy atom. The van der Waals surface area contributed by atoms with Gasteiger partial charge < -0.3 is 18.9 Å². The van der Waals surface area contributed by atoms with Crippen LogP contribution >= 0.6 is 7.82 Å². The maximum atomic E-state index is 12.8. The minimum absolute atomic E-state index is 0.0244. The van der Waals surface area contributed by atoms with Gasteiger partial charge in [-0.05, 0) is 103 Å². The van der Waals surface area contributed by atoms with Gasteiger partial charge in [0.15, 0.2) is 6.10 Å². The molecule has 1 N–H and O–H groups in total. The molecule has 0 aromatic heterocycles. The third-order valence-corrected chi connectivity index (χ3v) is 13.5. The second-order valence-corrected chi connectivity index (χ2v) is 22.5. The molecule has 0 aliphatic heterocycles. The number of quaternary nitrogens is 1. The molecule has 75 heavy (non-hydrogen) atoms. The largest absolute Gasteiger partial charge is 0.472 e. The molecule has 0 saturated carbocycles. The van der Waals surface area contributed by atoms with E-state index < -0.39 is 26.5 Å². The zero-order valence-corrected chi connectivity index (χ0v) is 49.6. The van der Waals surface area contributed by atoms with Crippen molar-refractivity contribution in [3.63, 3.8) is 0 Å². The van der Waals surface area contributed by atoms with E-state index in [2.05, 4.69) is 123 Å². The summed E-state index contributed by atoms with van der Waals surface area (Å²) in [5, 5.41) is 0. The van der Waals surface area contributed by atoms with E-state index in [1.165, 1.54) is 96.3 Å². The summed E-state index contributed by atoms with van der Waals surface area (Å²) in [6.07, 6.45) is 77.3. The summed E-state index contributed by atoms with van der Waals surface area (Å²) in [6.45, 7) is 4.30. The molecule has 0 amide bonds. The van der Waals surface area contributed by atoms with Gasteiger partial charge in [-0.25, -0.2) is 4.57 Å². The highest BCUT2D eigenvalue weighted by atomic mass is 31.2. The Labute approximate surface area is 461 Å². The molecule has 2 atom stereocenters. The molecule has 0 aliphatic carbocycles. The van der Waals surface area contributed by atoms with E-state index in [0.717, 1.165) is 109 Å². The number of phosphoric acid groups is 1. The lowest BCUT2D eigenvalue weighted by atomic mass is 10.1. The third kappa shape index (κ3) is 59.8. The van der Waals surface area contributed by atoms with Crippen LogP contribution < -0.4 is 0 Å². The molecule has 0 spiro atoms. The highest BCUT2D eigenvalue weighted by Crippen LogP contribution is 2.43. The molecule has 0 fully saturated rings. The van der Waals surface area contributed by atoms with Crippen molar-refractivity contribution in [3.8, 4) is 0 Å². The van der Waals surface area contributed by atoms with Crippen molar-refractivity contribution >= 4 is 19.8 Å². The molecule has 0 rings (SSSR count). The molecule has 430 valence electrons. The van der Waals surface area contributed by atoms with Gasteiger partial charge in [0, 0.05) is 12.8 Å². The van der Waals surface area contributed by atoms with Crippen LogP contribution in [0.25, 0.3) is 0 Å². The summed E-state index contributed by atoms with van der Waals surface area (Å²) in [6, 6.07) is 0. The topological polar surface area (TPSA) is 108 Å². The van der Waals surface area contributed by atoms with Gasteiger partial charge in [0.2, 0.25) is 0 Å². The van der Waals surface area contributed by atoms with Crippen LogP contribution in [0.1, 0.15) is 239 Å². The van der Waals surface area contributed by atoms with Gasteiger partial charge in [0.05, 0.1) is 27.7 Å². The van der Waals surface area contributed by atoms with Crippen molar-refractivity contribution in [3.05, 3.63) is 109 Å². The first-order chi connectivity index (χ1) is 36.5. The van der Waals surface area contributed by atoms with Crippen molar-refractivity contribution in [2.45, 2.75) is 245 Å². The molecule has 9 nitrogen and oxygen atoms in total. The number of rotatable bonds is 54. The maximum absolute atomic E-state index is 12.8. The number of unbranched alkanes of at least 4 members (excludes halogenated alkanes) is 22. The number of hydrogen-bond donors (Lipinski definition) is 1. The number of hydrogen-bond acceptors (Lipinski definition) is 7. The van der Waals surface area contributed by atoms with Crippen molar-refractivity contribution < 1.29 is 42.1 Å². The number of allylic oxidation sites excluding steroid dienone is 18. The lowest BCUT2D eigenvalue weighted by Gasteiger charge is -2.24. The molecule has 0 aromatic rings. The molecular formula is C65H113NO8P+. The average Bonchev–Trinajstić information content (AvgIpc) is 3.37. The smallest absolute Gasteiger partial charge is 0.462 e. The normalized spacial score (nSPS) is 14.1. The second-order valence-electron chi connectivity index (χ2n) is 21.0. The Morgan fingerprint density at radius 1 is 0.427 bits per heavy atom. The fourth-order valence-electron chi connectivity index (χ4n) is 7.91. The summed E-state index contributed by atoms with van der Waals surface area (Å²) in [5.74, 6) is -0.815. The molecule has 0 aliphatic rings. The summed E-state index contributed by atoms with van der Waals surface area (Å²) < 4.78 is 34.6. The number of ether oxygens (including phenoxy) is 2. The van der Waals surface area contributed by atoms with Gasteiger partial charge >= 0.3 is 19.8 Å². The number of carbonyl (C=O) groups excluding carboxylic acids is 2. The predicted octanol–water partition coefficient (Wildman–Crippen LogP) is 19.0. The van der Waals surface area contributed by atoms with Crippen molar-refractivity contribution in [1.82, 2.24) is 0 Å². The zero-order chi connectivity index (χ0) is 54.9. The monoisotopic (exact) mass is 1070 g/mol. The highest BCUT2D eigenvalue weighted by Gasteiger charge is 2.27. The Kier molecular flexibility index (Phi) is 53.0. The summed E-state index contributed by atoms with van der Waals surface area (Å²) in [5.41, 5.74) is 0. The summed E-state index contributed by atoms with van der Waals surface area (Å²) >= 11 is 0. The molecule has 2 unspecified atom stereocenters. The molecule has 0 heterocycles. The van der Waals surface area contributed by atoms with Crippen LogP contribution in [0.15, 0.2) is 109 Å². The predicted molar refractivity (Wildman–Crippen MR) is 321 cm³/mol. The van der Waals surface area contributed by atoms with Crippen LogP contribution in [-0.4, -0.2) is 74.9 Å². The van der Waals surface area contributed by atoms with Gasteiger partial charge in [-0.1, -0.05) is 232 Å². The van der Waals surface area contributed by atoms with Gasteiger partial charge in [0.25, 0.3) is 0 Å². The first-order valence-electron chi connectivity index (χ1n) is 30.1. The van der Waals surface area contributed by atoms with E-state index in [4.69, 9.17) is 18.5 Å². The fraction of sp³-hybridized carbons (Fsp3) is 0.692. The standard InChI is InChI=1S/C65H112NO8P/c1-6-8-10-12-14-16-18-20-22-24-26-27-28-29-30-31-32-33-34-35-36-37-38-39-40-42-44-46-48-50-52-54-56-58-65(68)74-63(62-73-75(69,70)72-60-59-66(3,4)5)61-71-64(67)57-55-53-51-49-47-45-43-41-25-23-21-19-17-15-13-11-9-7-2/h8,10,14,16,20,22-23,25-27,29-30,32-33,35-36,38-39,63H,6-7,9,11-13,15,17-19,21,24,28,31,34,37,40-62H2,1-5H3/p+1/b10-8-,16-14-,22-20-,25-23-,27-26-,30-29-,33-32-,36-35-,39-38-. The van der Waals surface area contributed by atoms with Crippen LogP contribution in [0.3, 0.4) is 0 Å². The molecule has 0 saturated heterocycles. The molecule has 0 radical (unpaired) electrons. The van der Waals surface area contributed by atoms with Crippen molar-refractivity contribution in [1.29, 1.82) is 0 Å². The van der Waals surface area contributed by atoms with Crippen LogP contribution in [0.2, 0.25) is 0 Å². The lowest BCUT2D eigenvalue weighted by Crippen LogP contribution is -2.37. The van der Waals surface area contributed by atoms with Gasteiger partial charge in [-0.2, -0.15) is 0 Å². The van der Waals surface area contributed by atoms with E-state index in [-0.39, 0.29) is 32.0 Å². The summed E-state index contributed by atoms with van der Waals surface area (Å²) in [7, 11) is 1.46. The van der Waals surface area contributed by atoms with Gasteiger partial charge in [-0.15, -0.1) is 0 Å². The minimum atomic E-state index is -4.40. The molecule has 0 aromatic carbocycles. The van der Waals surface area contributed by atoms with Crippen molar-refractivity contribution in [2.75, 3.05) is 47.5 Å². The van der Waals surface area contributed by atoms with E-state index in [9.17, 15) is 19.0 Å². The lowest BCUT2D eigenvalue weighted by molar-refractivity contribution is -0.870. The van der Waals surface area contributed by atoms with Crippen LogP contribution in [0.5, 0.6) is 0 Å². The van der Waals surface area contributed by atoms with Crippen LogP contribution in [0, 0.1) is 0 Å². The van der Waals surface area contributed by atoms with E-state index in [0.29, 0.717) is 17.4 Å². The number of nitrogens with zero attached hydrogens (tertiary/aromatic N) is 1. The first kappa shape index (κ1) is 71.7. The number of phosphoric ester groups is 1. The molecular weight excluding hydrogens is 954 g/mol. The maximum Gasteiger partial charge on any atom is 0.472 e. The Bertz CT molecular complexity index is 1630. The Balaban J connectivity index is 4.19. The molecule has 10 heteroatoms. The first-order valence-corrected chi connectivity index (χ1v) is 31.6. The molecule has 0 bridgehead atoms. The summed E-state index contributed by atoms with van der Waals surface area (Å²) in [4.78, 5) is 35.7. The van der Waals surface area contributed by atoms with E-state index >= 15 is 0 Å².